The molecule has 0 N–H and O–H groups in total. The zero-order chi connectivity index (χ0) is 39.8. The maximum absolute atomic E-state index is 5.94. The summed E-state index contributed by atoms with van der Waals surface area (Å²) in [6.07, 6.45) is 6.41. The molecule has 0 saturated carbocycles. The normalized spacial score (nSPS) is 11.5. The fraction of sp³-hybridized carbons (Fsp3) is 0.196. The minimum absolute atomic E-state index is 0. The summed E-state index contributed by atoms with van der Waals surface area (Å²) in [4.78, 5) is 14.4. The number of rotatable bonds is 7. The van der Waals surface area contributed by atoms with Crippen LogP contribution in [-0.4, -0.2) is 27.6 Å². The second-order valence-corrected chi connectivity index (χ2v) is 21.5. The number of aryl methyl sites for hydroxylation is 3. The van der Waals surface area contributed by atoms with Crippen LogP contribution in [0.25, 0.3) is 72.4 Å². The maximum atomic E-state index is 5.94. The van der Waals surface area contributed by atoms with Gasteiger partial charge in [0.05, 0.1) is 30.4 Å². The Morgan fingerprint density at radius 2 is 1.48 bits per heavy atom. The van der Waals surface area contributed by atoms with Crippen molar-refractivity contribution in [3.05, 3.63) is 162 Å². The SMILES string of the molecule is CC(C)Cc1cc(-c2[c-]cccc2)ncc1[Si](C)(C)C.Cc1ccc2cc3c(-c4nc5ccccc5n4-c4cc(C)c(-c5ccccc5)c(C)c4)[c-]oc3cc2n1.[Ir]. The first-order valence-corrected chi connectivity index (χ1v) is 23.3. The van der Waals surface area contributed by atoms with E-state index in [4.69, 9.17) is 9.40 Å². The van der Waals surface area contributed by atoms with Crippen LogP contribution in [0, 0.1) is 39.0 Å². The summed E-state index contributed by atoms with van der Waals surface area (Å²) in [5.74, 6) is 1.48. The first-order chi connectivity index (χ1) is 27.4. The standard InChI is InChI=1S/C33H24N3O.C18H24NSi.Ir/c1-20-15-25(16-21(2)32(20)23-9-5-4-6-10-23)36-30-12-8-7-11-28(30)35-33(36)27-19-37-31-18-29-24(17-26(27)31)14-13-22(3)34-29;1-14(2)11-16-12-17(15-9-7-6-8-10-15)19-13-18(16)20(3,4)5;/h4-18H,1-3H3;6-9,12-14H,11H2,1-5H3;/q2*-1;. The van der Waals surface area contributed by atoms with E-state index in [0.717, 1.165) is 73.4 Å². The van der Waals surface area contributed by atoms with Gasteiger partial charge in [-0.25, -0.2) is 0 Å². The van der Waals surface area contributed by atoms with Gasteiger partial charge in [0, 0.05) is 49.5 Å². The monoisotopic (exact) mass is 953 g/mol. The Bertz CT molecular complexity index is 2850. The molecule has 9 rings (SSSR count). The molecule has 0 aliphatic heterocycles. The van der Waals surface area contributed by atoms with Gasteiger partial charge in [-0.15, -0.1) is 35.9 Å². The average Bonchev–Trinajstić information content (AvgIpc) is 3.78. The topological polar surface area (TPSA) is 56.7 Å². The van der Waals surface area contributed by atoms with E-state index < -0.39 is 8.07 Å². The third-order valence-corrected chi connectivity index (χ3v) is 12.6. The van der Waals surface area contributed by atoms with Gasteiger partial charge < -0.3 is 14.0 Å². The Kier molecular flexibility index (Phi) is 11.8. The van der Waals surface area contributed by atoms with Crippen LogP contribution in [0.4, 0.5) is 0 Å². The van der Waals surface area contributed by atoms with E-state index in [1.165, 1.54) is 33.0 Å². The molecule has 0 unspecified atom stereocenters. The van der Waals surface area contributed by atoms with Gasteiger partial charge >= 0.3 is 0 Å². The van der Waals surface area contributed by atoms with E-state index in [9.17, 15) is 0 Å². The minimum atomic E-state index is -1.34. The summed E-state index contributed by atoms with van der Waals surface area (Å²) >= 11 is 0. The Morgan fingerprint density at radius 3 is 2.19 bits per heavy atom. The van der Waals surface area contributed by atoms with Crippen molar-refractivity contribution in [1.29, 1.82) is 0 Å². The van der Waals surface area contributed by atoms with E-state index in [0.29, 0.717) is 5.92 Å². The van der Waals surface area contributed by atoms with Crippen LogP contribution in [0.1, 0.15) is 36.2 Å². The van der Waals surface area contributed by atoms with Crippen molar-refractivity contribution in [1.82, 2.24) is 19.5 Å². The summed E-state index contributed by atoms with van der Waals surface area (Å²) in [5, 5.41) is 3.53. The molecule has 0 aliphatic carbocycles. The van der Waals surface area contributed by atoms with Gasteiger partial charge in [-0.1, -0.05) is 111 Å². The molecule has 0 bridgehead atoms. The summed E-state index contributed by atoms with van der Waals surface area (Å²) in [6, 6.07) is 45.2. The molecular weight excluding hydrogens is 905 g/mol. The van der Waals surface area contributed by atoms with Gasteiger partial charge in [-0.3, -0.25) is 9.97 Å². The van der Waals surface area contributed by atoms with Crippen LogP contribution in [-0.2, 0) is 26.5 Å². The van der Waals surface area contributed by atoms with Gasteiger partial charge in [0.15, 0.2) is 0 Å². The van der Waals surface area contributed by atoms with E-state index >= 15 is 0 Å². The third kappa shape index (κ3) is 8.26. The molecule has 4 aromatic heterocycles. The molecular formula is C51H48IrN4OSi-2. The zero-order valence-electron chi connectivity index (χ0n) is 34.4. The van der Waals surface area contributed by atoms with Gasteiger partial charge in [0.1, 0.15) is 0 Å². The molecule has 58 heavy (non-hydrogen) atoms. The molecule has 0 amide bonds. The Balaban J connectivity index is 0.000000208. The molecule has 293 valence electrons. The largest absolute Gasteiger partial charge is 0.557 e. The third-order valence-electron chi connectivity index (χ3n) is 10.5. The maximum Gasteiger partial charge on any atom is 0.0798 e. The predicted octanol–water partition coefficient (Wildman–Crippen LogP) is 12.7. The Hall–Kier alpha value is -5.46. The summed E-state index contributed by atoms with van der Waals surface area (Å²) < 4.78 is 8.17. The molecule has 0 aliphatic rings. The number of nitrogens with zero attached hydrogens (tertiary/aromatic N) is 4. The van der Waals surface area contributed by atoms with Crippen LogP contribution >= 0.6 is 0 Å². The van der Waals surface area contributed by atoms with Crippen molar-refractivity contribution in [2.24, 2.45) is 5.92 Å². The number of benzene rings is 5. The number of hydrogen-bond acceptors (Lipinski definition) is 4. The van der Waals surface area contributed by atoms with Gasteiger partial charge in [0.2, 0.25) is 0 Å². The summed E-state index contributed by atoms with van der Waals surface area (Å²) in [6.45, 7) is 18.1. The molecule has 7 heteroatoms. The van der Waals surface area contributed by atoms with Crippen LogP contribution in [0.2, 0.25) is 19.6 Å². The first-order valence-electron chi connectivity index (χ1n) is 19.8. The van der Waals surface area contributed by atoms with Crippen molar-refractivity contribution < 1.29 is 24.5 Å². The summed E-state index contributed by atoms with van der Waals surface area (Å²) in [5.41, 5.74) is 15.1. The first kappa shape index (κ1) is 40.7. The Labute approximate surface area is 356 Å². The predicted molar refractivity (Wildman–Crippen MR) is 240 cm³/mol. The van der Waals surface area contributed by atoms with Crippen molar-refractivity contribution in [3.8, 4) is 39.5 Å². The quantitative estimate of drug-likeness (QED) is 0.118. The number of para-hydroxylation sites is 2. The fourth-order valence-corrected chi connectivity index (χ4v) is 9.52. The molecule has 5 nitrogen and oxygen atoms in total. The zero-order valence-corrected chi connectivity index (χ0v) is 37.8. The van der Waals surface area contributed by atoms with E-state index in [1.54, 1.807) is 0 Å². The average molecular weight is 953 g/mol. The molecule has 9 aromatic rings. The van der Waals surface area contributed by atoms with Crippen LogP contribution in [0.15, 0.2) is 132 Å². The number of pyridine rings is 2. The smallest absolute Gasteiger partial charge is 0.0798 e. The van der Waals surface area contributed by atoms with Crippen LogP contribution in [0.5, 0.6) is 0 Å². The second-order valence-electron chi connectivity index (χ2n) is 16.5. The van der Waals surface area contributed by atoms with E-state index in [-0.39, 0.29) is 20.1 Å². The Morgan fingerprint density at radius 1 is 0.759 bits per heavy atom. The fourth-order valence-electron chi connectivity index (χ4n) is 7.93. The molecule has 0 spiro atoms. The van der Waals surface area contributed by atoms with Gasteiger partial charge in [0.25, 0.3) is 0 Å². The number of aromatic nitrogens is 4. The van der Waals surface area contributed by atoms with Crippen molar-refractivity contribution in [2.45, 2.75) is 60.7 Å². The molecule has 0 atom stereocenters. The number of fused-ring (bicyclic) bond motifs is 3. The molecule has 4 heterocycles. The van der Waals surface area contributed by atoms with Crippen molar-refractivity contribution in [2.75, 3.05) is 0 Å². The number of imidazole rings is 1. The molecule has 0 saturated heterocycles. The molecule has 1 radical (unpaired) electrons. The molecule has 0 fully saturated rings. The van der Waals surface area contributed by atoms with Gasteiger partial charge in [-0.2, -0.15) is 0 Å². The van der Waals surface area contributed by atoms with Crippen LogP contribution < -0.4 is 5.19 Å². The minimum Gasteiger partial charge on any atom is -0.557 e. The van der Waals surface area contributed by atoms with Gasteiger partial charge in [-0.05, 0) is 108 Å². The molecule has 5 aromatic carbocycles. The summed E-state index contributed by atoms with van der Waals surface area (Å²) in [7, 11) is -1.34. The van der Waals surface area contributed by atoms with E-state index in [2.05, 4.69) is 165 Å². The van der Waals surface area contributed by atoms with Crippen molar-refractivity contribution in [3.63, 3.8) is 0 Å². The number of furan rings is 1. The van der Waals surface area contributed by atoms with Crippen LogP contribution in [0.3, 0.4) is 0 Å². The number of hydrogen-bond donors (Lipinski definition) is 0. The van der Waals surface area contributed by atoms with Crippen molar-refractivity contribution >= 4 is 46.2 Å². The second kappa shape index (κ2) is 16.8. The van der Waals surface area contributed by atoms with E-state index in [1.807, 2.05) is 43.3 Å².